The van der Waals surface area contributed by atoms with Crippen LogP contribution in [0.5, 0.6) is 0 Å². The minimum Gasteiger partial charge on any atom is -0.350 e. The van der Waals surface area contributed by atoms with Crippen LogP contribution in [0.3, 0.4) is 0 Å². The van der Waals surface area contributed by atoms with E-state index in [9.17, 15) is 18.4 Å². The van der Waals surface area contributed by atoms with Crippen molar-refractivity contribution in [2.45, 2.75) is 13.0 Å². The molecule has 1 amide bonds. The fourth-order valence-corrected chi connectivity index (χ4v) is 3.05. The van der Waals surface area contributed by atoms with Crippen molar-refractivity contribution in [3.63, 3.8) is 0 Å². The molecule has 1 N–H and O–H groups in total. The van der Waals surface area contributed by atoms with Crippen LogP contribution in [0.15, 0.2) is 52.6 Å². The van der Waals surface area contributed by atoms with Crippen LogP contribution < -0.4 is 10.9 Å². The highest BCUT2D eigenvalue weighted by molar-refractivity contribution is 7.13. The summed E-state index contributed by atoms with van der Waals surface area (Å²) in [5.74, 6) is -2.67. The lowest BCUT2D eigenvalue weighted by atomic mass is 10.2. The second-order valence-electron chi connectivity index (χ2n) is 5.67. The van der Waals surface area contributed by atoms with E-state index in [0.717, 1.165) is 17.0 Å². The number of aromatic nitrogens is 2. The molecule has 0 aliphatic rings. The molecule has 0 aliphatic carbocycles. The van der Waals surface area contributed by atoms with Crippen LogP contribution >= 0.6 is 11.3 Å². The number of rotatable bonds is 5. The van der Waals surface area contributed by atoms with E-state index in [2.05, 4.69) is 10.4 Å². The van der Waals surface area contributed by atoms with E-state index < -0.39 is 23.6 Å². The largest absolute Gasteiger partial charge is 0.350 e. The van der Waals surface area contributed by atoms with Crippen LogP contribution in [0, 0.1) is 11.6 Å². The van der Waals surface area contributed by atoms with Crippen molar-refractivity contribution in [2.24, 2.45) is 0 Å². The summed E-state index contributed by atoms with van der Waals surface area (Å²) in [6.45, 7) is 1.84. The highest BCUT2D eigenvalue weighted by Crippen LogP contribution is 2.21. The number of nitrogens with one attached hydrogen (secondary N) is 1. The summed E-state index contributed by atoms with van der Waals surface area (Å²) >= 11 is 1.51. The fraction of sp³-hybridized carbons (Fsp3) is 0.167. The summed E-state index contributed by atoms with van der Waals surface area (Å²) in [6.07, 6.45) is 0. The van der Waals surface area contributed by atoms with E-state index in [1.54, 1.807) is 13.0 Å². The first kappa shape index (κ1) is 17.9. The molecular formula is C18H15F2N3O2S. The van der Waals surface area contributed by atoms with E-state index in [4.69, 9.17) is 0 Å². The molecule has 0 saturated carbocycles. The molecule has 5 nitrogen and oxygen atoms in total. The van der Waals surface area contributed by atoms with Gasteiger partial charge in [-0.25, -0.2) is 13.5 Å². The maximum atomic E-state index is 13.2. The van der Waals surface area contributed by atoms with Crippen LogP contribution in [0.1, 0.15) is 23.3 Å². The number of hydrogen-bond acceptors (Lipinski definition) is 4. The maximum Gasteiger partial charge on any atom is 0.267 e. The molecule has 3 rings (SSSR count). The van der Waals surface area contributed by atoms with E-state index in [1.165, 1.54) is 28.2 Å². The number of amides is 1. The minimum absolute atomic E-state index is 0.00347. The highest BCUT2D eigenvalue weighted by atomic mass is 32.1. The van der Waals surface area contributed by atoms with Crippen LogP contribution in [0.25, 0.3) is 10.6 Å². The van der Waals surface area contributed by atoms with Crippen molar-refractivity contribution in [3.05, 3.63) is 75.4 Å². The smallest absolute Gasteiger partial charge is 0.267 e. The number of carbonyl (C=O) groups excluding carboxylic acids is 1. The molecule has 0 bridgehead atoms. The van der Waals surface area contributed by atoms with E-state index in [1.807, 2.05) is 17.5 Å². The average Bonchev–Trinajstić information content (AvgIpc) is 3.16. The Balaban J connectivity index is 1.72. The van der Waals surface area contributed by atoms with Gasteiger partial charge in [-0.05, 0) is 42.6 Å². The van der Waals surface area contributed by atoms with Gasteiger partial charge in [0.15, 0.2) is 11.6 Å². The first-order valence-electron chi connectivity index (χ1n) is 7.82. The van der Waals surface area contributed by atoms with Gasteiger partial charge in [0.1, 0.15) is 5.69 Å². The van der Waals surface area contributed by atoms with Gasteiger partial charge >= 0.3 is 0 Å². The summed E-state index contributed by atoms with van der Waals surface area (Å²) in [6, 6.07) is 9.37. The van der Waals surface area contributed by atoms with Crippen molar-refractivity contribution in [1.29, 1.82) is 0 Å². The standard InChI is InChI=1S/C18H15F2N3O2S/c1-11(10-21-18(25)12-4-5-13(19)14(20)9-12)23-17(24)7-6-15(22-23)16-3-2-8-26-16/h2-9,11H,10H2,1H3,(H,21,25). The predicted octanol–water partition coefficient (Wildman–Crippen LogP) is 3.24. The lowest BCUT2D eigenvalue weighted by Crippen LogP contribution is -2.34. The van der Waals surface area contributed by atoms with E-state index in [0.29, 0.717) is 5.69 Å². The van der Waals surface area contributed by atoms with Crippen molar-refractivity contribution in [3.8, 4) is 10.6 Å². The Labute approximate surface area is 151 Å². The predicted molar refractivity (Wildman–Crippen MR) is 95.2 cm³/mol. The van der Waals surface area contributed by atoms with Gasteiger partial charge in [-0.15, -0.1) is 11.3 Å². The summed E-state index contributed by atoms with van der Waals surface area (Å²) in [4.78, 5) is 25.1. The fourth-order valence-electron chi connectivity index (χ4n) is 2.36. The van der Waals surface area contributed by atoms with Gasteiger partial charge in [0, 0.05) is 18.2 Å². The topological polar surface area (TPSA) is 64.0 Å². The third-order valence-electron chi connectivity index (χ3n) is 3.76. The van der Waals surface area contributed by atoms with Crippen LogP contribution in [-0.2, 0) is 0 Å². The third-order valence-corrected chi connectivity index (χ3v) is 4.65. The number of carbonyl (C=O) groups is 1. The van der Waals surface area contributed by atoms with Gasteiger partial charge in [0.25, 0.3) is 11.5 Å². The summed E-state index contributed by atoms with van der Waals surface area (Å²) in [7, 11) is 0. The number of halogens is 2. The molecule has 3 aromatic rings. The number of nitrogens with zero attached hydrogens (tertiary/aromatic N) is 2. The molecule has 0 aliphatic heterocycles. The second-order valence-corrected chi connectivity index (χ2v) is 6.61. The SMILES string of the molecule is CC(CNC(=O)c1ccc(F)c(F)c1)n1nc(-c2cccs2)ccc1=O. The molecule has 0 saturated heterocycles. The first-order chi connectivity index (χ1) is 12.5. The molecule has 0 radical (unpaired) electrons. The average molecular weight is 375 g/mol. The Morgan fingerprint density at radius 2 is 2.04 bits per heavy atom. The lowest BCUT2D eigenvalue weighted by Gasteiger charge is -2.15. The van der Waals surface area contributed by atoms with Crippen molar-refractivity contribution in [1.82, 2.24) is 15.1 Å². The zero-order valence-corrected chi connectivity index (χ0v) is 14.6. The lowest BCUT2D eigenvalue weighted by molar-refractivity contribution is 0.0947. The minimum atomic E-state index is -1.09. The molecule has 2 aromatic heterocycles. The molecule has 1 atom stereocenters. The Morgan fingerprint density at radius 3 is 2.73 bits per heavy atom. The molecule has 1 unspecified atom stereocenters. The number of benzene rings is 1. The molecule has 134 valence electrons. The van der Waals surface area contributed by atoms with Gasteiger partial charge < -0.3 is 5.32 Å². The molecule has 26 heavy (non-hydrogen) atoms. The molecule has 2 heterocycles. The van der Waals surface area contributed by atoms with Gasteiger partial charge in [-0.3, -0.25) is 9.59 Å². The Kier molecular flexibility index (Phi) is 5.22. The number of thiophene rings is 1. The van der Waals surface area contributed by atoms with Crippen LogP contribution in [-0.4, -0.2) is 22.2 Å². The molecule has 0 fully saturated rings. The zero-order valence-electron chi connectivity index (χ0n) is 13.8. The maximum absolute atomic E-state index is 13.2. The second kappa shape index (κ2) is 7.57. The van der Waals surface area contributed by atoms with E-state index in [-0.39, 0.29) is 17.7 Å². The van der Waals surface area contributed by atoms with Crippen LogP contribution in [0.2, 0.25) is 0 Å². The summed E-state index contributed by atoms with van der Waals surface area (Å²) in [5, 5.41) is 8.86. The Bertz CT molecular complexity index is 986. The molecular weight excluding hydrogens is 360 g/mol. The highest BCUT2D eigenvalue weighted by Gasteiger charge is 2.14. The van der Waals surface area contributed by atoms with Gasteiger partial charge in [-0.1, -0.05) is 6.07 Å². The molecule has 1 aromatic carbocycles. The molecule has 8 heteroatoms. The van der Waals surface area contributed by atoms with Gasteiger partial charge in [-0.2, -0.15) is 5.10 Å². The Hall–Kier alpha value is -2.87. The van der Waals surface area contributed by atoms with Crippen molar-refractivity contribution >= 4 is 17.2 Å². The zero-order chi connectivity index (χ0) is 18.7. The van der Waals surface area contributed by atoms with Crippen LogP contribution in [0.4, 0.5) is 8.78 Å². The first-order valence-corrected chi connectivity index (χ1v) is 8.70. The summed E-state index contributed by atoms with van der Waals surface area (Å²) < 4.78 is 27.5. The van der Waals surface area contributed by atoms with Crippen molar-refractivity contribution in [2.75, 3.05) is 6.54 Å². The number of hydrogen-bond donors (Lipinski definition) is 1. The molecule has 0 spiro atoms. The van der Waals surface area contributed by atoms with Crippen molar-refractivity contribution < 1.29 is 13.6 Å². The monoisotopic (exact) mass is 375 g/mol. The van der Waals surface area contributed by atoms with Gasteiger partial charge in [0.05, 0.1) is 10.9 Å². The normalized spacial score (nSPS) is 12.0. The quantitative estimate of drug-likeness (QED) is 0.745. The van der Waals surface area contributed by atoms with E-state index >= 15 is 0 Å². The third kappa shape index (κ3) is 3.85. The Morgan fingerprint density at radius 1 is 1.23 bits per heavy atom. The summed E-state index contributed by atoms with van der Waals surface area (Å²) in [5.41, 5.74) is 0.377. The van der Waals surface area contributed by atoms with Gasteiger partial charge in [0.2, 0.25) is 0 Å².